The highest BCUT2D eigenvalue weighted by Crippen LogP contribution is 2.22. The van der Waals surface area contributed by atoms with Crippen LogP contribution in [0.15, 0.2) is 30.6 Å². The third kappa shape index (κ3) is 3.17. The molecular weight excluding hydrogens is 258 g/mol. The first-order valence-electron chi connectivity index (χ1n) is 6.69. The van der Waals surface area contributed by atoms with Crippen molar-refractivity contribution >= 4 is 11.6 Å². The highest BCUT2D eigenvalue weighted by Gasteiger charge is 2.20. The molecule has 2 aromatic rings. The summed E-state index contributed by atoms with van der Waals surface area (Å²) in [6.07, 6.45) is 7.27. The van der Waals surface area contributed by atoms with Crippen molar-refractivity contribution in [2.24, 2.45) is 7.05 Å². The van der Waals surface area contributed by atoms with Crippen LogP contribution in [0.4, 0.5) is 0 Å². The average molecular weight is 276 g/mol. The Labute approximate surface area is 118 Å². The molecule has 3 nitrogen and oxygen atoms in total. The molecule has 0 saturated heterocycles. The maximum atomic E-state index is 6.11. The van der Waals surface area contributed by atoms with Gasteiger partial charge in [0.1, 0.15) is 5.82 Å². The van der Waals surface area contributed by atoms with Crippen molar-refractivity contribution < 1.29 is 0 Å². The van der Waals surface area contributed by atoms with Crippen LogP contribution in [-0.4, -0.2) is 15.6 Å². The number of nitrogens with zero attached hydrogens (tertiary/aromatic N) is 2. The molecule has 0 amide bonds. The molecule has 0 spiro atoms. The zero-order chi connectivity index (χ0) is 13.2. The minimum atomic E-state index is 0.708. The molecule has 1 aromatic heterocycles. The Bertz CT molecular complexity index is 573. The van der Waals surface area contributed by atoms with Crippen molar-refractivity contribution in [1.29, 1.82) is 0 Å². The molecular formula is C15H18ClN3. The smallest absolute Gasteiger partial charge is 0.112 e. The highest BCUT2D eigenvalue weighted by molar-refractivity contribution is 6.30. The van der Waals surface area contributed by atoms with E-state index in [-0.39, 0.29) is 0 Å². The predicted octanol–water partition coefficient (Wildman–Crippen LogP) is 2.92. The summed E-state index contributed by atoms with van der Waals surface area (Å²) in [6, 6.07) is 6.84. The first-order chi connectivity index (χ1) is 9.22. The summed E-state index contributed by atoms with van der Waals surface area (Å²) in [4.78, 5) is 4.39. The quantitative estimate of drug-likeness (QED) is 0.909. The Morgan fingerprint density at radius 2 is 2.21 bits per heavy atom. The SMILES string of the molecule is Cn1ccnc1Cc1ccc(Cl)cc1CNC1CC1. The van der Waals surface area contributed by atoms with Gasteiger partial charge in [0.05, 0.1) is 0 Å². The van der Waals surface area contributed by atoms with Gasteiger partial charge in [0.2, 0.25) is 0 Å². The van der Waals surface area contributed by atoms with Crippen molar-refractivity contribution in [1.82, 2.24) is 14.9 Å². The largest absolute Gasteiger partial charge is 0.338 e. The predicted molar refractivity (Wildman–Crippen MR) is 77.3 cm³/mol. The lowest BCUT2D eigenvalue weighted by atomic mass is 10.0. The number of benzene rings is 1. The van der Waals surface area contributed by atoms with Gasteiger partial charge in [-0.05, 0) is 36.1 Å². The van der Waals surface area contributed by atoms with Crippen LogP contribution in [0.5, 0.6) is 0 Å². The first-order valence-corrected chi connectivity index (χ1v) is 7.07. The molecule has 1 aliphatic rings. The summed E-state index contributed by atoms with van der Waals surface area (Å²) in [7, 11) is 2.03. The van der Waals surface area contributed by atoms with E-state index in [0.717, 1.165) is 23.8 Å². The van der Waals surface area contributed by atoms with Gasteiger partial charge < -0.3 is 9.88 Å². The maximum absolute atomic E-state index is 6.11. The summed E-state index contributed by atoms with van der Waals surface area (Å²) in [5, 5.41) is 4.35. The zero-order valence-corrected chi connectivity index (χ0v) is 11.8. The van der Waals surface area contributed by atoms with Crippen molar-refractivity contribution in [2.75, 3.05) is 0 Å². The van der Waals surface area contributed by atoms with Crippen molar-refractivity contribution in [3.05, 3.63) is 52.6 Å². The minimum absolute atomic E-state index is 0.708. The Hall–Kier alpha value is -1.32. The van der Waals surface area contributed by atoms with E-state index in [2.05, 4.69) is 27.0 Å². The van der Waals surface area contributed by atoms with E-state index in [0.29, 0.717) is 6.04 Å². The molecule has 1 aromatic carbocycles. The highest BCUT2D eigenvalue weighted by atomic mass is 35.5. The third-order valence-electron chi connectivity index (χ3n) is 3.60. The molecule has 1 fully saturated rings. The summed E-state index contributed by atoms with van der Waals surface area (Å²) in [6.45, 7) is 0.894. The monoisotopic (exact) mass is 275 g/mol. The molecule has 1 heterocycles. The molecule has 3 rings (SSSR count). The second-order valence-corrected chi connectivity index (χ2v) is 5.64. The maximum Gasteiger partial charge on any atom is 0.112 e. The van der Waals surface area contributed by atoms with Gasteiger partial charge in [-0.1, -0.05) is 17.7 Å². The standard InChI is InChI=1S/C15H18ClN3/c1-19-7-6-17-15(19)9-11-2-3-13(16)8-12(11)10-18-14-4-5-14/h2-3,6-8,14,18H,4-5,9-10H2,1H3. The average Bonchev–Trinajstić information content (AvgIpc) is 3.14. The summed E-state index contributed by atoms with van der Waals surface area (Å²) in [5.74, 6) is 1.08. The summed E-state index contributed by atoms with van der Waals surface area (Å²) < 4.78 is 2.06. The Balaban J connectivity index is 1.80. The van der Waals surface area contributed by atoms with Gasteiger partial charge in [-0.25, -0.2) is 4.98 Å². The van der Waals surface area contributed by atoms with Gasteiger partial charge in [0.25, 0.3) is 0 Å². The van der Waals surface area contributed by atoms with E-state index in [1.807, 2.05) is 25.5 Å². The van der Waals surface area contributed by atoms with Crippen LogP contribution in [0.25, 0.3) is 0 Å². The molecule has 0 atom stereocenters. The van der Waals surface area contributed by atoms with E-state index in [4.69, 9.17) is 11.6 Å². The summed E-state index contributed by atoms with van der Waals surface area (Å²) >= 11 is 6.11. The molecule has 4 heteroatoms. The van der Waals surface area contributed by atoms with Gasteiger partial charge in [0, 0.05) is 43.5 Å². The van der Waals surface area contributed by atoms with Crippen molar-refractivity contribution in [3.63, 3.8) is 0 Å². The van der Waals surface area contributed by atoms with E-state index in [1.165, 1.54) is 24.0 Å². The van der Waals surface area contributed by atoms with E-state index >= 15 is 0 Å². The normalized spacial score (nSPS) is 14.8. The number of aryl methyl sites for hydroxylation is 1. The zero-order valence-electron chi connectivity index (χ0n) is 11.1. The molecule has 1 aliphatic carbocycles. The topological polar surface area (TPSA) is 29.9 Å². The van der Waals surface area contributed by atoms with Crippen LogP contribution < -0.4 is 5.32 Å². The van der Waals surface area contributed by atoms with Gasteiger partial charge in [-0.15, -0.1) is 0 Å². The number of halogens is 1. The van der Waals surface area contributed by atoms with Crippen molar-refractivity contribution in [3.8, 4) is 0 Å². The van der Waals surface area contributed by atoms with Crippen molar-refractivity contribution in [2.45, 2.75) is 31.8 Å². The molecule has 0 unspecified atom stereocenters. The van der Waals surface area contributed by atoms with Crippen LogP contribution >= 0.6 is 11.6 Å². The first kappa shape index (κ1) is 12.7. The molecule has 0 bridgehead atoms. The lowest BCUT2D eigenvalue weighted by Crippen LogP contribution is -2.16. The van der Waals surface area contributed by atoms with Gasteiger partial charge in [-0.2, -0.15) is 0 Å². The van der Waals surface area contributed by atoms with Crippen LogP contribution in [0.3, 0.4) is 0 Å². The fourth-order valence-electron chi connectivity index (χ4n) is 2.21. The van der Waals surface area contributed by atoms with Crippen LogP contribution in [0, 0.1) is 0 Å². The van der Waals surface area contributed by atoms with Gasteiger partial charge in [-0.3, -0.25) is 0 Å². The Kier molecular flexibility index (Phi) is 3.58. The second kappa shape index (κ2) is 5.35. The van der Waals surface area contributed by atoms with Crippen LogP contribution in [0.2, 0.25) is 5.02 Å². The van der Waals surface area contributed by atoms with E-state index < -0.39 is 0 Å². The molecule has 1 saturated carbocycles. The Morgan fingerprint density at radius 1 is 1.37 bits per heavy atom. The summed E-state index contributed by atoms with van der Waals surface area (Å²) in [5.41, 5.74) is 2.58. The second-order valence-electron chi connectivity index (χ2n) is 5.20. The third-order valence-corrected chi connectivity index (χ3v) is 3.83. The van der Waals surface area contributed by atoms with E-state index in [9.17, 15) is 0 Å². The van der Waals surface area contributed by atoms with Crippen LogP contribution in [0.1, 0.15) is 29.8 Å². The lowest BCUT2D eigenvalue weighted by molar-refractivity contribution is 0.682. The number of aromatic nitrogens is 2. The number of rotatable bonds is 5. The molecule has 0 aliphatic heterocycles. The molecule has 19 heavy (non-hydrogen) atoms. The number of nitrogens with one attached hydrogen (secondary N) is 1. The number of hydrogen-bond acceptors (Lipinski definition) is 2. The van der Waals surface area contributed by atoms with Gasteiger partial charge >= 0.3 is 0 Å². The molecule has 0 radical (unpaired) electrons. The Morgan fingerprint density at radius 3 is 2.89 bits per heavy atom. The molecule has 1 N–H and O–H groups in total. The fraction of sp³-hybridized carbons (Fsp3) is 0.400. The lowest BCUT2D eigenvalue weighted by Gasteiger charge is -2.11. The number of hydrogen-bond donors (Lipinski definition) is 1. The van der Waals surface area contributed by atoms with Gasteiger partial charge in [0.15, 0.2) is 0 Å². The molecule has 100 valence electrons. The van der Waals surface area contributed by atoms with Crippen LogP contribution in [-0.2, 0) is 20.0 Å². The van der Waals surface area contributed by atoms with E-state index in [1.54, 1.807) is 0 Å². The fourth-order valence-corrected chi connectivity index (χ4v) is 2.41. The minimum Gasteiger partial charge on any atom is -0.338 e. The number of imidazole rings is 1.